The number of ether oxygens (including phenoxy) is 1. The van der Waals surface area contributed by atoms with Crippen LogP contribution in [0.25, 0.3) is 0 Å². The fourth-order valence-corrected chi connectivity index (χ4v) is 3.35. The summed E-state index contributed by atoms with van der Waals surface area (Å²) in [5.74, 6) is -0.258. The molecule has 0 radical (unpaired) electrons. The van der Waals surface area contributed by atoms with Crippen molar-refractivity contribution in [1.29, 1.82) is 0 Å². The number of hydrogen-bond acceptors (Lipinski definition) is 3. The van der Waals surface area contributed by atoms with Crippen molar-refractivity contribution < 1.29 is 19.2 Å². The Balaban J connectivity index is 1.94. The van der Waals surface area contributed by atoms with E-state index in [0.717, 1.165) is 34.4 Å². The molecule has 1 unspecified atom stereocenters. The molecule has 0 aromatic heterocycles. The minimum atomic E-state index is -0.203. The summed E-state index contributed by atoms with van der Waals surface area (Å²) in [6.45, 7) is 5.70. The van der Waals surface area contributed by atoms with E-state index in [2.05, 4.69) is 21.2 Å². The zero-order valence-electron chi connectivity index (χ0n) is 13.6. The van der Waals surface area contributed by atoms with Gasteiger partial charge >= 0.3 is 5.97 Å². The maximum Gasteiger partial charge on any atom is 0.314 e. The van der Waals surface area contributed by atoms with E-state index >= 15 is 0 Å². The number of anilines is 1. The third-order valence-electron chi connectivity index (χ3n) is 4.28. The fraction of sp³-hybridized carbons (Fsp3) is 0.529. The van der Waals surface area contributed by atoms with E-state index in [-0.39, 0.29) is 23.8 Å². The van der Waals surface area contributed by atoms with Crippen LogP contribution in [0.2, 0.25) is 0 Å². The van der Waals surface area contributed by atoms with Crippen molar-refractivity contribution in [2.45, 2.75) is 32.7 Å². The summed E-state index contributed by atoms with van der Waals surface area (Å²) in [5.41, 5.74) is 0.773. The third-order valence-corrected chi connectivity index (χ3v) is 4.77. The largest absolute Gasteiger partial charge is 0.466 e. The summed E-state index contributed by atoms with van der Waals surface area (Å²) >= 11 is 3.40. The number of nitrogens with one attached hydrogen (secondary N) is 2. The van der Waals surface area contributed by atoms with E-state index in [0.29, 0.717) is 13.2 Å². The summed E-state index contributed by atoms with van der Waals surface area (Å²) < 4.78 is 6.05. The predicted molar refractivity (Wildman–Crippen MR) is 92.3 cm³/mol. The Kier molecular flexibility index (Phi) is 6.59. The van der Waals surface area contributed by atoms with Gasteiger partial charge in [0.2, 0.25) is 0 Å². The average molecular weight is 384 g/mol. The van der Waals surface area contributed by atoms with Gasteiger partial charge in [0, 0.05) is 10.2 Å². The van der Waals surface area contributed by atoms with Gasteiger partial charge in [0.05, 0.1) is 19.7 Å². The first-order valence-corrected chi connectivity index (χ1v) is 8.88. The number of esters is 1. The molecule has 23 heavy (non-hydrogen) atoms. The molecular formula is C17H24BrN2O3+. The molecule has 0 saturated carbocycles. The standard InChI is InChI=1S/C17H23BrN2O3/c1-3-23-17(22)13-6-5-9-20(11-13)12(2)16(21)19-15-8-4-7-14(18)10-15/h4,7-8,10,12-13H,3,5-6,9,11H2,1-2H3,(H,19,21)/p+1/t12-,13-/m0/s1. The second kappa shape index (κ2) is 8.45. The summed E-state index contributed by atoms with van der Waals surface area (Å²) in [7, 11) is 0. The molecule has 2 rings (SSSR count). The predicted octanol–water partition coefficient (Wildman–Crippen LogP) is 1.63. The Hall–Kier alpha value is -1.40. The zero-order chi connectivity index (χ0) is 16.8. The first kappa shape index (κ1) is 17.9. The minimum Gasteiger partial charge on any atom is -0.466 e. The van der Waals surface area contributed by atoms with Crippen LogP contribution < -0.4 is 10.2 Å². The van der Waals surface area contributed by atoms with E-state index in [9.17, 15) is 9.59 Å². The van der Waals surface area contributed by atoms with E-state index in [1.54, 1.807) is 0 Å². The zero-order valence-corrected chi connectivity index (χ0v) is 15.2. The lowest BCUT2D eigenvalue weighted by Gasteiger charge is -2.32. The summed E-state index contributed by atoms with van der Waals surface area (Å²) in [6, 6.07) is 7.33. The van der Waals surface area contributed by atoms with Gasteiger partial charge in [0.25, 0.3) is 5.91 Å². The molecule has 0 bridgehead atoms. The van der Waals surface area contributed by atoms with Crippen LogP contribution in [0.15, 0.2) is 28.7 Å². The number of benzene rings is 1. The van der Waals surface area contributed by atoms with Crippen molar-refractivity contribution in [3.63, 3.8) is 0 Å². The van der Waals surface area contributed by atoms with Crippen LogP contribution >= 0.6 is 15.9 Å². The maximum absolute atomic E-state index is 12.5. The van der Waals surface area contributed by atoms with Crippen LogP contribution in [-0.2, 0) is 14.3 Å². The van der Waals surface area contributed by atoms with Gasteiger partial charge in [-0.2, -0.15) is 0 Å². The molecule has 0 aliphatic carbocycles. The highest BCUT2D eigenvalue weighted by Crippen LogP contribution is 2.16. The topological polar surface area (TPSA) is 59.8 Å². The molecule has 0 spiro atoms. The molecule has 3 atom stereocenters. The number of carbonyl (C=O) groups excluding carboxylic acids is 2. The highest BCUT2D eigenvalue weighted by Gasteiger charge is 2.34. The Bertz CT molecular complexity index is 565. The molecule has 6 heteroatoms. The van der Waals surface area contributed by atoms with Crippen molar-refractivity contribution in [2.24, 2.45) is 5.92 Å². The maximum atomic E-state index is 12.5. The third kappa shape index (κ3) is 5.04. The first-order chi connectivity index (χ1) is 11.0. The van der Waals surface area contributed by atoms with Crippen LogP contribution in [0, 0.1) is 5.92 Å². The molecule has 126 valence electrons. The summed E-state index contributed by atoms with van der Waals surface area (Å²) in [5, 5.41) is 2.94. The quantitative estimate of drug-likeness (QED) is 0.759. The number of quaternary nitrogens is 1. The van der Waals surface area contributed by atoms with Crippen LogP contribution in [0.4, 0.5) is 5.69 Å². The molecule has 1 amide bonds. The minimum absolute atomic E-state index is 0.0254. The molecular weight excluding hydrogens is 360 g/mol. The SMILES string of the molecule is CCOC(=O)[C@H]1CCC[NH+]([C@@H](C)C(=O)Nc2cccc(Br)c2)C1. The second-order valence-corrected chi connectivity index (χ2v) is 6.84. The van der Waals surface area contributed by atoms with Gasteiger partial charge in [-0.1, -0.05) is 22.0 Å². The molecule has 2 N–H and O–H groups in total. The number of carbonyl (C=O) groups is 2. The lowest BCUT2D eigenvalue weighted by molar-refractivity contribution is -0.921. The highest BCUT2D eigenvalue weighted by atomic mass is 79.9. The molecule has 1 heterocycles. The number of likely N-dealkylation sites (tertiary alicyclic amines) is 1. The van der Waals surface area contributed by atoms with Crippen LogP contribution in [0.1, 0.15) is 26.7 Å². The van der Waals surface area contributed by atoms with Gasteiger partial charge in [0.15, 0.2) is 6.04 Å². The number of rotatable bonds is 5. The summed E-state index contributed by atoms with van der Waals surface area (Å²) in [6.07, 6.45) is 1.79. The van der Waals surface area contributed by atoms with Crippen molar-refractivity contribution in [3.8, 4) is 0 Å². The van der Waals surface area contributed by atoms with Crippen molar-refractivity contribution in [1.82, 2.24) is 0 Å². The summed E-state index contributed by atoms with van der Waals surface area (Å²) in [4.78, 5) is 25.5. The molecule has 5 nitrogen and oxygen atoms in total. The van der Waals surface area contributed by atoms with Gasteiger partial charge in [-0.25, -0.2) is 0 Å². The van der Waals surface area contributed by atoms with Gasteiger partial charge in [0.1, 0.15) is 5.92 Å². The van der Waals surface area contributed by atoms with E-state index < -0.39 is 0 Å². The van der Waals surface area contributed by atoms with Gasteiger partial charge in [-0.15, -0.1) is 0 Å². The van der Waals surface area contributed by atoms with Crippen LogP contribution in [-0.4, -0.2) is 37.6 Å². The number of halogens is 1. The Morgan fingerprint density at radius 3 is 2.96 bits per heavy atom. The number of hydrogen-bond donors (Lipinski definition) is 2. The Labute approximate surface area is 145 Å². The van der Waals surface area contributed by atoms with Gasteiger partial charge < -0.3 is 15.0 Å². The Morgan fingerprint density at radius 1 is 1.48 bits per heavy atom. The molecule has 1 aromatic rings. The number of amides is 1. The van der Waals surface area contributed by atoms with Gasteiger partial charge in [-0.05, 0) is 44.9 Å². The normalized spacial score (nSPS) is 22.2. The lowest BCUT2D eigenvalue weighted by atomic mass is 9.97. The van der Waals surface area contributed by atoms with Gasteiger partial charge in [-0.3, -0.25) is 9.59 Å². The van der Waals surface area contributed by atoms with E-state index in [1.807, 2.05) is 38.1 Å². The second-order valence-electron chi connectivity index (χ2n) is 5.92. The molecule has 1 aliphatic rings. The van der Waals surface area contributed by atoms with Crippen LogP contribution in [0.5, 0.6) is 0 Å². The van der Waals surface area contributed by atoms with E-state index in [4.69, 9.17) is 4.74 Å². The smallest absolute Gasteiger partial charge is 0.314 e. The molecule has 1 aliphatic heterocycles. The van der Waals surface area contributed by atoms with E-state index in [1.165, 1.54) is 0 Å². The van der Waals surface area contributed by atoms with Crippen molar-refractivity contribution in [3.05, 3.63) is 28.7 Å². The fourth-order valence-electron chi connectivity index (χ4n) is 2.95. The monoisotopic (exact) mass is 383 g/mol. The molecule has 1 fully saturated rings. The Morgan fingerprint density at radius 2 is 2.26 bits per heavy atom. The molecule has 1 saturated heterocycles. The highest BCUT2D eigenvalue weighted by molar-refractivity contribution is 9.10. The van der Waals surface area contributed by atoms with Crippen molar-refractivity contribution in [2.75, 3.05) is 25.0 Å². The van der Waals surface area contributed by atoms with Crippen molar-refractivity contribution >= 4 is 33.5 Å². The lowest BCUT2D eigenvalue weighted by Crippen LogP contribution is -3.18. The first-order valence-electron chi connectivity index (χ1n) is 8.09. The molecule has 1 aromatic carbocycles. The average Bonchev–Trinajstić information content (AvgIpc) is 2.54. The number of piperidine rings is 1. The van der Waals surface area contributed by atoms with Crippen LogP contribution in [0.3, 0.4) is 0 Å².